The lowest BCUT2D eigenvalue weighted by Crippen LogP contribution is -2.30. The second-order valence-corrected chi connectivity index (χ2v) is 2.83. The average molecular weight is 197 g/mol. The molecular formula is C9H11NO4. The van der Waals surface area contributed by atoms with Crippen LogP contribution in [0.2, 0.25) is 0 Å². The Kier molecular flexibility index (Phi) is 2.93. The summed E-state index contributed by atoms with van der Waals surface area (Å²) in [5.41, 5.74) is 5.25. The first-order chi connectivity index (χ1) is 6.52. The van der Waals surface area contributed by atoms with E-state index in [9.17, 15) is 9.90 Å². The molecule has 0 bridgehead atoms. The third-order valence-electron chi connectivity index (χ3n) is 1.56. The van der Waals surface area contributed by atoms with Crippen molar-refractivity contribution in [3.8, 4) is 17.2 Å². The molecule has 1 rings (SSSR count). The third-order valence-corrected chi connectivity index (χ3v) is 1.56. The van der Waals surface area contributed by atoms with Crippen LogP contribution in [0.15, 0.2) is 18.2 Å². The highest BCUT2D eigenvalue weighted by molar-refractivity contribution is 5.78. The Bertz CT molecular complexity index is 349. The van der Waals surface area contributed by atoms with Crippen LogP contribution in [0, 0.1) is 0 Å². The van der Waals surface area contributed by atoms with E-state index in [1.165, 1.54) is 25.1 Å². The van der Waals surface area contributed by atoms with Gasteiger partial charge in [-0.05, 0) is 19.1 Å². The number of hydrogen-bond donors (Lipinski definition) is 3. The monoisotopic (exact) mass is 197 g/mol. The fourth-order valence-electron chi connectivity index (χ4n) is 0.794. The van der Waals surface area contributed by atoms with Gasteiger partial charge in [-0.3, -0.25) is 0 Å². The van der Waals surface area contributed by atoms with Crippen molar-refractivity contribution < 1.29 is 19.7 Å². The first-order valence-corrected chi connectivity index (χ1v) is 4.00. The molecule has 0 aromatic heterocycles. The summed E-state index contributed by atoms with van der Waals surface area (Å²) in [4.78, 5) is 11.0. The van der Waals surface area contributed by atoms with Gasteiger partial charge in [0.1, 0.15) is 6.04 Å². The van der Waals surface area contributed by atoms with Gasteiger partial charge in [0, 0.05) is 0 Å². The SMILES string of the molecule is C[C@H](N)C(=O)Oc1cccc(O)c1O. The molecule has 0 amide bonds. The molecule has 5 nitrogen and oxygen atoms in total. The molecule has 14 heavy (non-hydrogen) atoms. The van der Waals surface area contributed by atoms with Crippen LogP contribution in [-0.4, -0.2) is 22.2 Å². The normalized spacial score (nSPS) is 12.1. The van der Waals surface area contributed by atoms with Crippen molar-refractivity contribution in [1.29, 1.82) is 0 Å². The van der Waals surface area contributed by atoms with E-state index in [0.717, 1.165) is 0 Å². The topological polar surface area (TPSA) is 92.8 Å². The number of phenols is 2. The molecule has 0 saturated heterocycles. The van der Waals surface area contributed by atoms with Crippen molar-refractivity contribution >= 4 is 5.97 Å². The Morgan fingerprint density at radius 3 is 2.71 bits per heavy atom. The van der Waals surface area contributed by atoms with Gasteiger partial charge in [-0.15, -0.1) is 0 Å². The molecule has 0 aliphatic carbocycles. The molecule has 0 aliphatic heterocycles. The van der Waals surface area contributed by atoms with Gasteiger partial charge in [0.05, 0.1) is 0 Å². The number of esters is 1. The number of para-hydroxylation sites is 1. The Balaban J connectivity index is 2.87. The van der Waals surface area contributed by atoms with Gasteiger partial charge in [0.2, 0.25) is 5.75 Å². The van der Waals surface area contributed by atoms with Gasteiger partial charge >= 0.3 is 5.97 Å². The smallest absolute Gasteiger partial charge is 0.328 e. The summed E-state index contributed by atoms with van der Waals surface area (Å²) in [6.45, 7) is 1.46. The Hall–Kier alpha value is -1.75. The average Bonchev–Trinajstić information content (AvgIpc) is 2.12. The zero-order valence-electron chi connectivity index (χ0n) is 7.60. The molecule has 0 radical (unpaired) electrons. The predicted octanol–water partition coefficient (Wildman–Crippen LogP) is 0.350. The van der Waals surface area contributed by atoms with Crippen molar-refractivity contribution in [2.45, 2.75) is 13.0 Å². The summed E-state index contributed by atoms with van der Waals surface area (Å²) in [7, 11) is 0. The van der Waals surface area contributed by atoms with Gasteiger partial charge in [-0.1, -0.05) is 6.07 Å². The Morgan fingerprint density at radius 1 is 1.50 bits per heavy atom. The lowest BCUT2D eigenvalue weighted by atomic mass is 10.3. The van der Waals surface area contributed by atoms with E-state index < -0.39 is 17.8 Å². The zero-order chi connectivity index (χ0) is 10.7. The van der Waals surface area contributed by atoms with Crippen LogP contribution in [-0.2, 0) is 4.79 Å². The molecule has 5 heteroatoms. The van der Waals surface area contributed by atoms with Crippen molar-refractivity contribution in [2.75, 3.05) is 0 Å². The van der Waals surface area contributed by atoms with Gasteiger partial charge < -0.3 is 20.7 Å². The van der Waals surface area contributed by atoms with E-state index in [4.69, 9.17) is 15.6 Å². The van der Waals surface area contributed by atoms with Crippen molar-refractivity contribution in [3.63, 3.8) is 0 Å². The highest BCUT2D eigenvalue weighted by atomic mass is 16.5. The minimum atomic E-state index is -0.781. The molecule has 0 aliphatic rings. The highest BCUT2D eigenvalue weighted by Crippen LogP contribution is 2.34. The molecule has 0 saturated carbocycles. The van der Waals surface area contributed by atoms with Crippen LogP contribution in [0.4, 0.5) is 0 Å². The molecule has 1 aromatic carbocycles. The second-order valence-electron chi connectivity index (χ2n) is 2.83. The molecule has 0 unspecified atom stereocenters. The van der Waals surface area contributed by atoms with Crippen LogP contribution in [0.1, 0.15) is 6.92 Å². The van der Waals surface area contributed by atoms with E-state index in [0.29, 0.717) is 0 Å². The first kappa shape index (κ1) is 10.3. The minimum Gasteiger partial charge on any atom is -0.504 e. The quantitative estimate of drug-likeness (QED) is 0.361. The zero-order valence-corrected chi connectivity index (χ0v) is 7.60. The van der Waals surface area contributed by atoms with Crippen LogP contribution >= 0.6 is 0 Å². The largest absolute Gasteiger partial charge is 0.504 e. The van der Waals surface area contributed by atoms with Crippen LogP contribution < -0.4 is 10.5 Å². The van der Waals surface area contributed by atoms with E-state index in [1.54, 1.807) is 0 Å². The van der Waals surface area contributed by atoms with Crippen LogP contribution in [0.5, 0.6) is 17.2 Å². The molecule has 0 fully saturated rings. The number of phenolic OH excluding ortho intramolecular Hbond substituents is 2. The lowest BCUT2D eigenvalue weighted by molar-refractivity contribution is -0.135. The molecule has 1 aromatic rings. The van der Waals surface area contributed by atoms with Gasteiger partial charge in [0.25, 0.3) is 0 Å². The van der Waals surface area contributed by atoms with Gasteiger partial charge in [-0.2, -0.15) is 0 Å². The fourth-order valence-corrected chi connectivity index (χ4v) is 0.794. The number of nitrogens with two attached hydrogens (primary N) is 1. The Labute approximate surface area is 80.7 Å². The van der Waals surface area contributed by atoms with E-state index in [2.05, 4.69) is 0 Å². The van der Waals surface area contributed by atoms with Crippen LogP contribution in [0.25, 0.3) is 0 Å². The van der Waals surface area contributed by atoms with E-state index in [-0.39, 0.29) is 11.5 Å². The summed E-state index contributed by atoms with van der Waals surface area (Å²) in [5, 5.41) is 18.3. The van der Waals surface area contributed by atoms with Crippen molar-refractivity contribution in [2.24, 2.45) is 5.73 Å². The summed E-state index contributed by atoms with van der Waals surface area (Å²) >= 11 is 0. The summed E-state index contributed by atoms with van der Waals surface area (Å²) in [6.07, 6.45) is 0. The number of carbonyl (C=O) groups excluding carboxylic acids is 1. The van der Waals surface area contributed by atoms with E-state index >= 15 is 0 Å². The maximum atomic E-state index is 11.0. The minimum absolute atomic E-state index is 0.104. The summed E-state index contributed by atoms with van der Waals surface area (Å²) < 4.78 is 4.71. The summed E-state index contributed by atoms with van der Waals surface area (Å²) in [5.74, 6) is -1.60. The number of carbonyl (C=O) groups is 1. The molecule has 1 atom stereocenters. The van der Waals surface area contributed by atoms with Crippen molar-refractivity contribution in [3.05, 3.63) is 18.2 Å². The number of rotatable bonds is 2. The van der Waals surface area contributed by atoms with Crippen molar-refractivity contribution in [1.82, 2.24) is 0 Å². The molecule has 0 heterocycles. The predicted molar refractivity (Wildman–Crippen MR) is 49.1 cm³/mol. The number of hydrogen-bond acceptors (Lipinski definition) is 5. The molecular weight excluding hydrogens is 186 g/mol. The van der Waals surface area contributed by atoms with Gasteiger partial charge in [0.15, 0.2) is 11.5 Å². The van der Waals surface area contributed by atoms with E-state index in [1.807, 2.05) is 0 Å². The number of aromatic hydroxyl groups is 2. The number of ether oxygens (including phenoxy) is 1. The first-order valence-electron chi connectivity index (χ1n) is 4.00. The molecule has 4 N–H and O–H groups in total. The maximum Gasteiger partial charge on any atom is 0.328 e. The third kappa shape index (κ3) is 2.14. The Morgan fingerprint density at radius 2 is 2.14 bits per heavy atom. The lowest BCUT2D eigenvalue weighted by Gasteiger charge is -2.08. The van der Waals surface area contributed by atoms with Crippen LogP contribution in [0.3, 0.4) is 0 Å². The molecule has 0 spiro atoms. The summed E-state index contributed by atoms with van der Waals surface area (Å²) in [6, 6.07) is 3.30. The van der Waals surface area contributed by atoms with Gasteiger partial charge in [-0.25, -0.2) is 4.79 Å². The maximum absolute atomic E-state index is 11.0. The highest BCUT2D eigenvalue weighted by Gasteiger charge is 2.14. The molecule has 76 valence electrons. The fraction of sp³-hybridized carbons (Fsp3) is 0.222. The second kappa shape index (κ2) is 3.97. The number of benzene rings is 1. The standard InChI is InChI=1S/C9H11NO4/c1-5(10)9(13)14-7-4-2-3-6(11)8(7)12/h2-5,11-12H,10H2,1H3/t5-/m0/s1.